The van der Waals surface area contributed by atoms with Crippen LogP contribution in [-0.2, 0) is 5.60 Å². The number of rotatable bonds is 2. The van der Waals surface area contributed by atoms with Crippen LogP contribution in [0.5, 0.6) is 5.75 Å². The third-order valence-corrected chi connectivity index (χ3v) is 6.64. The van der Waals surface area contributed by atoms with Gasteiger partial charge in [-0.15, -0.1) is 0 Å². The molecule has 0 bridgehead atoms. The van der Waals surface area contributed by atoms with E-state index in [-0.39, 0.29) is 11.8 Å². The highest BCUT2D eigenvalue weighted by Gasteiger charge is 2.70. The molecule has 1 fully saturated rings. The van der Waals surface area contributed by atoms with Crippen LogP contribution < -0.4 is 4.74 Å². The normalized spacial score (nSPS) is 32.8. The second kappa shape index (κ2) is 6.20. The Labute approximate surface area is 168 Å². The van der Waals surface area contributed by atoms with Gasteiger partial charge in [0.15, 0.2) is 11.2 Å². The summed E-state index contributed by atoms with van der Waals surface area (Å²) in [5.41, 5.74) is 0.254. The molecule has 0 saturated heterocycles. The summed E-state index contributed by atoms with van der Waals surface area (Å²) in [6.45, 7) is 0. The summed E-state index contributed by atoms with van der Waals surface area (Å²) in [5, 5.41) is 21.7. The summed E-state index contributed by atoms with van der Waals surface area (Å²) in [7, 11) is 0. The minimum Gasteiger partial charge on any atom is -0.480 e. The number of nitriles is 1. The van der Waals surface area contributed by atoms with Gasteiger partial charge in [0.05, 0.1) is 11.1 Å². The van der Waals surface area contributed by atoms with E-state index < -0.39 is 11.2 Å². The number of aromatic nitrogens is 1. The lowest BCUT2D eigenvalue weighted by Crippen LogP contribution is -2.56. The maximum absolute atomic E-state index is 12.0. The SMILES string of the molecule is N#CC1=CCC(C23Oc4cc(Cl)cnc4C2(O)CCC3c2ccccc2)C=C1. The number of nitrogens with zero attached hydrogens (tertiary/aromatic N) is 2. The number of hydrogen-bond donors (Lipinski definition) is 1. The number of benzene rings is 1. The first-order valence-electron chi connectivity index (χ1n) is 9.49. The Kier molecular flexibility index (Phi) is 3.87. The van der Waals surface area contributed by atoms with Crippen molar-refractivity contribution < 1.29 is 9.84 Å². The summed E-state index contributed by atoms with van der Waals surface area (Å²) < 4.78 is 6.62. The van der Waals surface area contributed by atoms with Crippen molar-refractivity contribution in [2.45, 2.75) is 36.4 Å². The molecule has 0 radical (unpaired) electrons. The number of aliphatic hydroxyl groups is 1. The van der Waals surface area contributed by atoms with E-state index in [1.807, 2.05) is 36.4 Å². The summed E-state index contributed by atoms with van der Waals surface area (Å²) in [5.74, 6) is 0.465. The van der Waals surface area contributed by atoms with Gasteiger partial charge >= 0.3 is 0 Å². The Balaban J connectivity index is 1.68. The lowest BCUT2D eigenvalue weighted by molar-refractivity contribution is -0.124. The van der Waals surface area contributed by atoms with Crippen molar-refractivity contribution in [2.75, 3.05) is 0 Å². The molecule has 4 atom stereocenters. The topological polar surface area (TPSA) is 66.1 Å². The number of pyridine rings is 1. The van der Waals surface area contributed by atoms with Crippen LogP contribution in [0.15, 0.2) is 66.4 Å². The molecular weight excluding hydrogens is 372 g/mol. The molecule has 0 spiro atoms. The lowest BCUT2D eigenvalue weighted by atomic mass is 9.67. The molecular formula is C23H19ClN2O2. The Hall–Kier alpha value is -2.61. The molecule has 1 saturated carbocycles. The van der Waals surface area contributed by atoms with Crippen LogP contribution in [0.1, 0.15) is 36.4 Å². The van der Waals surface area contributed by atoms with Gasteiger partial charge in [-0.2, -0.15) is 5.26 Å². The van der Waals surface area contributed by atoms with Crippen LogP contribution in [0.25, 0.3) is 0 Å². The zero-order valence-electron chi connectivity index (χ0n) is 15.2. The highest BCUT2D eigenvalue weighted by atomic mass is 35.5. The van der Waals surface area contributed by atoms with Crippen LogP contribution in [0, 0.1) is 17.2 Å². The molecule has 1 aliphatic heterocycles. The zero-order valence-corrected chi connectivity index (χ0v) is 15.9. The average molecular weight is 391 g/mol. The van der Waals surface area contributed by atoms with Crippen molar-refractivity contribution in [3.05, 3.63) is 82.7 Å². The molecule has 3 aliphatic rings. The Morgan fingerprint density at radius 3 is 2.82 bits per heavy atom. The van der Waals surface area contributed by atoms with E-state index >= 15 is 0 Å². The third kappa shape index (κ3) is 2.24. The van der Waals surface area contributed by atoms with Gasteiger partial charge in [0.2, 0.25) is 0 Å². The molecule has 5 heteroatoms. The summed E-state index contributed by atoms with van der Waals surface area (Å²) in [6, 6.07) is 14.1. The van der Waals surface area contributed by atoms with Crippen molar-refractivity contribution in [1.82, 2.24) is 4.98 Å². The molecule has 2 aromatic rings. The summed E-state index contributed by atoms with van der Waals surface area (Å²) in [6.07, 6.45) is 9.32. The standard InChI is InChI=1S/C23H19ClN2O2/c24-18-12-20-21(26-14-18)22(27)11-10-19(16-4-2-1-3-5-16)23(22,28-20)17-8-6-15(13-25)7-9-17/h1-8,12,14,17,19,27H,9-11H2. The highest BCUT2D eigenvalue weighted by Crippen LogP contribution is 2.65. The number of ether oxygens (including phenoxy) is 1. The minimum absolute atomic E-state index is 0.00152. The van der Waals surface area contributed by atoms with Crippen molar-refractivity contribution in [1.29, 1.82) is 5.26 Å². The van der Waals surface area contributed by atoms with Crippen LogP contribution >= 0.6 is 11.6 Å². The fourth-order valence-electron chi connectivity index (χ4n) is 5.26. The van der Waals surface area contributed by atoms with Crippen LogP contribution in [0.3, 0.4) is 0 Å². The van der Waals surface area contributed by atoms with Gasteiger partial charge in [0, 0.05) is 29.7 Å². The van der Waals surface area contributed by atoms with Gasteiger partial charge in [0.1, 0.15) is 11.4 Å². The molecule has 2 aliphatic carbocycles. The molecule has 140 valence electrons. The fraction of sp³-hybridized carbons (Fsp3) is 0.304. The zero-order chi connectivity index (χ0) is 19.4. The third-order valence-electron chi connectivity index (χ3n) is 6.43. The van der Waals surface area contributed by atoms with Crippen molar-refractivity contribution in [3.63, 3.8) is 0 Å². The van der Waals surface area contributed by atoms with E-state index in [2.05, 4.69) is 23.2 Å². The molecule has 1 N–H and O–H groups in total. The fourth-order valence-corrected chi connectivity index (χ4v) is 5.41. The average Bonchev–Trinajstić information content (AvgIpc) is 3.15. The molecule has 28 heavy (non-hydrogen) atoms. The molecule has 1 aromatic carbocycles. The van der Waals surface area contributed by atoms with Crippen LogP contribution in [0.2, 0.25) is 5.02 Å². The molecule has 4 nitrogen and oxygen atoms in total. The smallest absolute Gasteiger partial charge is 0.157 e. The van der Waals surface area contributed by atoms with E-state index in [0.29, 0.717) is 34.9 Å². The molecule has 0 amide bonds. The first kappa shape index (κ1) is 17.5. The maximum Gasteiger partial charge on any atom is 0.157 e. The molecule has 5 rings (SSSR count). The van der Waals surface area contributed by atoms with Gasteiger partial charge in [-0.25, -0.2) is 0 Å². The van der Waals surface area contributed by atoms with Gasteiger partial charge < -0.3 is 9.84 Å². The van der Waals surface area contributed by atoms with Crippen LogP contribution in [-0.4, -0.2) is 15.7 Å². The molecule has 2 heterocycles. The van der Waals surface area contributed by atoms with Gasteiger partial charge in [-0.1, -0.05) is 54.1 Å². The maximum atomic E-state index is 12.0. The van der Waals surface area contributed by atoms with Crippen molar-refractivity contribution >= 4 is 11.6 Å². The molecule has 4 unspecified atom stereocenters. The second-order valence-electron chi connectivity index (χ2n) is 7.73. The Bertz CT molecular complexity index is 1040. The molecule has 1 aromatic heterocycles. The van der Waals surface area contributed by atoms with Crippen molar-refractivity contribution in [2.24, 2.45) is 5.92 Å². The number of allylic oxidation sites excluding steroid dienone is 3. The van der Waals surface area contributed by atoms with E-state index in [0.717, 1.165) is 12.0 Å². The Morgan fingerprint density at radius 2 is 2.11 bits per heavy atom. The first-order chi connectivity index (χ1) is 13.6. The van der Waals surface area contributed by atoms with E-state index in [9.17, 15) is 10.4 Å². The first-order valence-corrected chi connectivity index (χ1v) is 9.87. The number of halogens is 1. The number of hydrogen-bond acceptors (Lipinski definition) is 4. The van der Waals surface area contributed by atoms with Gasteiger partial charge in [-0.05, 0) is 30.9 Å². The van der Waals surface area contributed by atoms with Crippen LogP contribution in [0.4, 0.5) is 0 Å². The highest BCUT2D eigenvalue weighted by molar-refractivity contribution is 6.30. The van der Waals surface area contributed by atoms with E-state index in [1.165, 1.54) is 0 Å². The predicted molar refractivity (Wildman–Crippen MR) is 106 cm³/mol. The van der Waals surface area contributed by atoms with Gasteiger partial charge in [-0.3, -0.25) is 4.98 Å². The van der Waals surface area contributed by atoms with Crippen molar-refractivity contribution in [3.8, 4) is 11.8 Å². The monoisotopic (exact) mass is 390 g/mol. The van der Waals surface area contributed by atoms with Gasteiger partial charge in [0.25, 0.3) is 0 Å². The predicted octanol–water partition coefficient (Wildman–Crippen LogP) is 4.66. The second-order valence-corrected chi connectivity index (χ2v) is 8.17. The summed E-state index contributed by atoms with van der Waals surface area (Å²) >= 11 is 6.16. The summed E-state index contributed by atoms with van der Waals surface area (Å²) in [4.78, 5) is 4.47. The minimum atomic E-state index is -1.21. The van der Waals surface area contributed by atoms with E-state index in [1.54, 1.807) is 12.3 Å². The van der Waals surface area contributed by atoms with E-state index in [4.69, 9.17) is 16.3 Å². The number of fused-ring (bicyclic) bond motifs is 3. The quantitative estimate of drug-likeness (QED) is 0.810. The largest absolute Gasteiger partial charge is 0.480 e. The Morgan fingerprint density at radius 1 is 1.29 bits per heavy atom. The lowest BCUT2D eigenvalue weighted by Gasteiger charge is -2.44.